The van der Waals surface area contributed by atoms with Crippen molar-refractivity contribution < 1.29 is 14.6 Å². The molecule has 1 amide bonds. The van der Waals surface area contributed by atoms with Gasteiger partial charge in [-0.2, -0.15) is 0 Å². The molecule has 7 heteroatoms. The zero-order valence-electron chi connectivity index (χ0n) is 15.9. The van der Waals surface area contributed by atoms with Crippen LogP contribution in [-0.2, 0) is 4.74 Å². The van der Waals surface area contributed by atoms with Gasteiger partial charge in [0.05, 0.1) is 5.70 Å². The number of nitrogens with two attached hydrogens (primary N) is 1. The highest BCUT2D eigenvalue weighted by Gasteiger charge is 2.25. The largest absolute Gasteiger partial charge is 0.507 e. The molecular formula is C20H26N4O3. The van der Waals surface area contributed by atoms with E-state index < -0.39 is 5.60 Å². The molecular weight excluding hydrogens is 344 g/mol. The molecule has 3 rings (SSSR count). The third kappa shape index (κ3) is 4.36. The maximum absolute atomic E-state index is 12.2. The van der Waals surface area contributed by atoms with Gasteiger partial charge in [-0.15, -0.1) is 0 Å². The number of nitrogens with one attached hydrogen (secondary N) is 2. The zero-order valence-corrected chi connectivity index (χ0v) is 15.9. The average Bonchev–Trinajstić information content (AvgIpc) is 2.61. The molecule has 144 valence electrons. The Hall–Kier alpha value is -3.09. The molecule has 2 aliphatic rings. The summed E-state index contributed by atoms with van der Waals surface area (Å²) in [6.07, 6.45) is 4.26. The Balaban J connectivity index is 1.78. The first kappa shape index (κ1) is 18.7. The van der Waals surface area contributed by atoms with E-state index in [2.05, 4.69) is 10.9 Å². The molecule has 1 aromatic rings. The molecule has 0 atom stereocenters. The number of aromatic hydroxyl groups is 1. The van der Waals surface area contributed by atoms with Gasteiger partial charge in [-0.3, -0.25) is 10.9 Å². The molecule has 27 heavy (non-hydrogen) atoms. The Kier molecular flexibility index (Phi) is 5.03. The molecule has 2 aliphatic heterocycles. The summed E-state index contributed by atoms with van der Waals surface area (Å²) in [5, 5.41) is 10.1. The number of carbonyl (C=O) groups is 1. The highest BCUT2D eigenvalue weighted by atomic mass is 16.6. The normalized spacial score (nSPS) is 17.5. The fourth-order valence-corrected chi connectivity index (χ4v) is 2.98. The highest BCUT2D eigenvalue weighted by Crippen LogP contribution is 2.29. The lowest BCUT2D eigenvalue weighted by molar-refractivity contribution is 0.0266. The summed E-state index contributed by atoms with van der Waals surface area (Å²) in [6.45, 7) is 6.59. The zero-order chi connectivity index (χ0) is 19.6. The Morgan fingerprint density at radius 3 is 2.63 bits per heavy atom. The van der Waals surface area contributed by atoms with Gasteiger partial charge in [0.25, 0.3) is 0 Å². The van der Waals surface area contributed by atoms with E-state index in [0.29, 0.717) is 30.9 Å². The minimum absolute atomic E-state index is 0.187. The van der Waals surface area contributed by atoms with Gasteiger partial charge in [-0.1, -0.05) is 18.2 Å². The van der Waals surface area contributed by atoms with Crippen LogP contribution in [-0.4, -0.2) is 34.8 Å². The second kappa shape index (κ2) is 7.26. The molecule has 5 N–H and O–H groups in total. The number of ether oxygens (including phenoxy) is 1. The molecule has 0 spiro atoms. The first-order valence-electron chi connectivity index (χ1n) is 8.94. The van der Waals surface area contributed by atoms with Gasteiger partial charge in [0, 0.05) is 24.2 Å². The summed E-state index contributed by atoms with van der Waals surface area (Å²) < 4.78 is 5.43. The van der Waals surface area contributed by atoms with Crippen LogP contribution in [0.15, 0.2) is 53.4 Å². The molecule has 0 saturated heterocycles. The predicted octanol–water partition coefficient (Wildman–Crippen LogP) is 2.58. The number of phenols is 1. The lowest BCUT2D eigenvalue weighted by Crippen LogP contribution is -2.40. The quantitative estimate of drug-likeness (QED) is 0.639. The van der Waals surface area contributed by atoms with E-state index in [1.165, 1.54) is 0 Å². The van der Waals surface area contributed by atoms with Crippen LogP contribution < -0.4 is 16.6 Å². The number of para-hydroxylation sites is 1. The Morgan fingerprint density at radius 2 is 2.00 bits per heavy atom. The number of hydrazine groups is 1. The summed E-state index contributed by atoms with van der Waals surface area (Å²) >= 11 is 0. The summed E-state index contributed by atoms with van der Waals surface area (Å²) in [7, 11) is 0. The molecule has 0 radical (unpaired) electrons. The number of hydrogen-bond donors (Lipinski definition) is 4. The van der Waals surface area contributed by atoms with E-state index in [1.807, 2.05) is 45.1 Å². The third-order valence-corrected chi connectivity index (χ3v) is 4.31. The summed E-state index contributed by atoms with van der Waals surface area (Å²) in [4.78, 5) is 13.9. The number of benzene rings is 1. The number of rotatable bonds is 2. The van der Waals surface area contributed by atoms with Gasteiger partial charge in [-0.25, -0.2) is 4.79 Å². The summed E-state index contributed by atoms with van der Waals surface area (Å²) in [6, 6.07) is 7.10. The van der Waals surface area contributed by atoms with Crippen LogP contribution in [0.4, 0.5) is 4.79 Å². The van der Waals surface area contributed by atoms with E-state index >= 15 is 0 Å². The summed E-state index contributed by atoms with van der Waals surface area (Å²) in [5.41, 5.74) is 14.9. The monoisotopic (exact) mass is 370 g/mol. The smallest absolute Gasteiger partial charge is 0.410 e. The van der Waals surface area contributed by atoms with Crippen molar-refractivity contribution in [3.05, 3.63) is 58.9 Å². The maximum Gasteiger partial charge on any atom is 0.410 e. The maximum atomic E-state index is 12.2. The SMILES string of the molecule is CC(C)(C)OC(=O)N1CC=C(C2=C(N)NNC(c3ccccc3O)=C2)CC1. The number of phenolic OH excluding ortho intramolecular Hbond substituents is 1. The van der Waals surface area contributed by atoms with E-state index in [4.69, 9.17) is 10.5 Å². The number of carbonyl (C=O) groups excluding carboxylic acids is 1. The van der Waals surface area contributed by atoms with Gasteiger partial charge in [0.1, 0.15) is 17.2 Å². The molecule has 0 saturated carbocycles. The molecule has 1 aromatic carbocycles. The molecule has 2 heterocycles. The Labute approximate surface area is 159 Å². The van der Waals surface area contributed by atoms with E-state index in [9.17, 15) is 9.90 Å². The van der Waals surface area contributed by atoms with Crippen molar-refractivity contribution in [2.75, 3.05) is 13.1 Å². The van der Waals surface area contributed by atoms with Crippen molar-refractivity contribution in [1.82, 2.24) is 15.8 Å². The van der Waals surface area contributed by atoms with Gasteiger partial charge in [-0.05, 0) is 51.0 Å². The van der Waals surface area contributed by atoms with Gasteiger partial charge in [0.15, 0.2) is 0 Å². The number of hydrogen-bond acceptors (Lipinski definition) is 6. The van der Waals surface area contributed by atoms with Crippen molar-refractivity contribution in [3.63, 3.8) is 0 Å². The van der Waals surface area contributed by atoms with E-state index in [-0.39, 0.29) is 11.8 Å². The molecule has 0 unspecified atom stereocenters. The van der Waals surface area contributed by atoms with Crippen molar-refractivity contribution in [2.24, 2.45) is 5.73 Å². The summed E-state index contributed by atoms with van der Waals surface area (Å²) in [5.74, 6) is 0.692. The van der Waals surface area contributed by atoms with Crippen LogP contribution in [0.3, 0.4) is 0 Å². The van der Waals surface area contributed by atoms with Crippen molar-refractivity contribution in [1.29, 1.82) is 0 Å². The second-order valence-corrected chi connectivity index (χ2v) is 7.56. The topological polar surface area (TPSA) is 99.9 Å². The second-order valence-electron chi connectivity index (χ2n) is 7.56. The Bertz CT molecular complexity index is 834. The van der Waals surface area contributed by atoms with Crippen LogP contribution in [0.25, 0.3) is 5.70 Å². The van der Waals surface area contributed by atoms with Crippen molar-refractivity contribution >= 4 is 11.8 Å². The first-order valence-corrected chi connectivity index (χ1v) is 8.94. The molecule has 0 aromatic heterocycles. The first-order chi connectivity index (χ1) is 12.7. The van der Waals surface area contributed by atoms with Crippen LogP contribution >= 0.6 is 0 Å². The lowest BCUT2D eigenvalue weighted by Gasteiger charge is -2.31. The Morgan fingerprint density at radius 1 is 1.26 bits per heavy atom. The molecule has 0 bridgehead atoms. The minimum atomic E-state index is -0.512. The predicted molar refractivity (Wildman–Crippen MR) is 104 cm³/mol. The van der Waals surface area contributed by atoms with Crippen LogP contribution in [0, 0.1) is 0 Å². The van der Waals surface area contributed by atoms with Gasteiger partial charge >= 0.3 is 6.09 Å². The van der Waals surface area contributed by atoms with Gasteiger partial charge < -0.3 is 20.5 Å². The molecule has 0 aliphatic carbocycles. The third-order valence-electron chi connectivity index (χ3n) is 4.31. The van der Waals surface area contributed by atoms with Crippen LogP contribution in [0.2, 0.25) is 0 Å². The standard InChI is InChI=1S/C20H26N4O3/c1-20(2,3)27-19(26)24-10-8-13(9-11-24)15-12-16(22-23-18(15)21)14-6-4-5-7-17(14)25/h4-8,12,22-23,25H,9-11,21H2,1-3H3. The van der Waals surface area contributed by atoms with Crippen molar-refractivity contribution in [2.45, 2.75) is 32.8 Å². The average molecular weight is 370 g/mol. The van der Waals surface area contributed by atoms with E-state index in [1.54, 1.807) is 17.0 Å². The fourth-order valence-electron chi connectivity index (χ4n) is 2.98. The number of allylic oxidation sites excluding steroid dienone is 2. The minimum Gasteiger partial charge on any atom is -0.507 e. The highest BCUT2D eigenvalue weighted by molar-refractivity contribution is 5.74. The molecule has 7 nitrogen and oxygen atoms in total. The lowest BCUT2D eigenvalue weighted by atomic mass is 9.96. The van der Waals surface area contributed by atoms with Crippen molar-refractivity contribution in [3.8, 4) is 5.75 Å². The van der Waals surface area contributed by atoms with E-state index in [0.717, 1.165) is 16.8 Å². The number of nitrogens with zero attached hydrogens (tertiary/aromatic N) is 1. The van der Waals surface area contributed by atoms with Gasteiger partial charge in [0.2, 0.25) is 0 Å². The molecule has 0 fully saturated rings. The number of amides is 1. The van der Waals surface area contributed by atoms with Crippen LogP contribution in [0.1, 0.15) is 32.8 Å². The van der Waals surface area contributed by atoms with Crippen LogP contribution in [0.5, 0.6) is 5.75 Å². The fraction of sp³-hybridized carbons (Fsp3) is 0.350.